The molecule has 0 aliphatic carbocycles. The Hall–Kier alpha value is -0.910. The summed E-state index contributed by atoms with van der Waals surface area (Å²) < 4.78 is 0.846. The van der Waals surface area contributed by atoms with Crippen LogP contribution in [-0.4, -0.2) is 47.3 Å². The third-order valence-electron chi connectivity index (χ3n) is 2.73. The van der Waals surface area contributed by atoms with Gasteiger partial charge in [-0.2, -0.15) is 0 Å². The molecule has 4 nitrogen and oxygen atoms in total. The van der Waals surface area contributed by atoms with Crippen molar-refractivity contribution in [3.05, 3.63) is 33.8 Å². The summed E-state index contributed by atoms with van der Waals surface area (Å²) in [7, 11) is 1.61. The zero-order valence-electron chi connectivity index (χ0n) is 10.6. The first-order valence-electron chi connectivity index (χ1n) is 5.82. The molecule has 0 aliphatic rings. The molecule has 2 N–H and O–H groups in total. The highest BCUT2D eigenvalue weighted by Crippen LogP contribution is 2.18. The lowest BCUT2D eigenvalue weighted by Gasteiger charge is -2.21. The standard InChI is InChI=1S/C13H18BrNO3/c1-3-9-4-5-10(14)6-12(9)13(18)15(2)7-11(17)8-16/h4-6,11,16-17H,3,7-8H2,1-2H3/t11-/m0/s1. The van der Waals surface area contributed by atoms with Crippen LogP contribution < -0.4 is 0 Å². The minimum atomic E-state index is -0.906. The van der Waals surface area contributed by atoms with Gasteiger partial charge in [0.05, 0.1) is 12.7 Å². The van der Waals surface area contributed by atoms with Crippen LogP contribution in [0.3, 0.4) is 0 Å². The van der Waals surface area contributed by atoms with Crippen LogP contribution in [0, 0.1) is 0 Å². The summed E-state index contributed by atoms with van der Waals surface area (Å²) in [6.45, 7) is 1.75. The molecule has 0 unspecified atom stereocenters. The predicted octanol–water partition coefficient (Wildman–Crippen LogP) is 1.44. The highest BCUT2D eigenvalue weighted by atomic mass is 79.9. The van der Waals surface area contributed by atoms with E-state index in [1.54, 1.807) is 13.1 Å². The van der Waals surface area contributed by atoms with Crippen LogP contribution in [0.15, 0.2) is 22.7 Å². The number of benzene rings is 1. The Kier molecular flexibility index (Phi) is 5.78. The van der Waals surface area contributed by atoms with Gasteiger partial charge < -0.3 is 15.1 Å². The summed E-state index contributed by atoms with van der Waals surface area (Å²) in [5.74, 6) is -0.152. The highest BCUT2D eigenvalue weighted by Gasteiger charge is 2.17. The number of rotatable bonds is 5. The number of aliphatic hydroxyl groups is 2. The van der Waals surface area contributed by atoms with E-state index in [9.17, 15) is 9.90 Å². The van der Waals surface area contributed by atoms with E-state index in [1.807, 2.05) is 19.1 Å². The van der Waals surface area contributed by atoms with Gasteiger partial charge in [0.15, 0.2) is 0 Å². The van der Waals surface area contributed by atoms with Gasteiger partial charge >= 0.3 is 0 Å². The molecule has 100 valence electrons. The summed E-state index contributed by atoms with van der Waals surface area (Å²) in [6, 6.07) is 5.59. The van der Waals surface area contributed by atoms with Gasteiger partial charge in [0, 0.05) is 23.6 Å². The number of likely N-dealkylation sites (N-methyl/N-ethyl adjacent to an activating group) is 1. The zero-order chi connectivity index (χ0) is 13.7. The number of carbonyl (C=O) groups is 1. The lowest BCUT2D eigenvalue weighted by Crippen LogP contribution is -2.36. The molecule has 1 amide bonds. The Bertz CT molecular complexity index is 423. The lowest BCUT2D eigenvalue weighted by atomic mass is 10.0. The maximum Gasteiger partial charge on any atom is 0.254 e. The second-order valence-corrected chi connectivity index (χ2v) is 5.09. The predicted molar refractivity (Wildman–Crippen MR) is 73.6 cm³/mol. The third kappa shape index (κ3) is 3.80. The summed E-state index contributed by atoms with van der Waals surface area (Å²) in [4.78, 5) is 13.7. The van der Waals surface area contributed by atoms with Crippen LogP contribution in [0.25, 0.3) is 0 Å². The first-order chi connectivity index (χ1) is 8.49. The van der Waals surface area contributed by atoms with Gasteiger partial charge in [0.1, 0.15) is 0 Å². The first kappa shape index (κ1) is 15.1. The van der Waals surface area contributed by atoms with Gasteiger partial charge in [-0.05, 0) is 24.1 Å². The molecule has 0 aromatic heterocycles. The Morgan fingerprint density at radius 3 is 2.72 bits per heavy atom. The monoisotopic (exact) mass is 315 g/mol. The Morgan fingerprint density at radius 1 is 1.50 bits per heavy atom. The summed E-state index contributed by atoms with van der Waals surface area (Å²) in [5, 5.41) is 18.1. The number of hydrogen-bond acceptors (Lipinski definition) is 3. The SMILES string of the molecule is CCc1ccc(Br)cc1C(=O)N(C)C[C@H](O)CO. The molecule has 0 saturated heterocycles. The van der Waals surface area contributed by atoms with Crippen molar-refractivity contribution >= 4 is 21.8 Å². The molecule has 0 saturated carbocycles. The molecule has 0 bridgehead atoms. The largest absolute Gasteiger partial charge is 0.394 e. The van der Waals surface area contributed by atoms with Gasteiger partial charge in [0.2, 0.25) is 0 Å². The summed E-state index contributed by atoms with van der Waals surface area (Å²) in [6.07, 6.45) is -0.138. The number of carbonyl (C=O) groups excluding carboxylic acids is 1. The Labute approximate surface area is 115 Å². The van der Waals surface area contributed by atoms with E-state index in [0.29, 0.717) is 5.56 Å². The van der Waals surface area contributed by atoms with Crippen LogP contribution in [-0.2, 0) is 6.42 Å². The molecule has 1 atom stereocenters. The van der Waals surface area contributed by atoms with Crippen molar-refractivity contribution in [3.63, 3.8) is 0 Å². The molecule has 1 rings (SSSR count). The molecule has 18 heavy (non-hydrogen) atoms. The minimum Gasteiger partial charge on any atom is -0.394 e. The normalized spacial score (nSPS) is 12.3. The maximum absolute atomic E-state index is 12.2. The Morgan fingerprint density at radius 2 is 2.17 bits per heavy atom. The van der Waals surface area contributed by atoms with Crippen molar-refractivity contribution in [1.29, 1.82) is 0 Å². The van der Waals surface area contributed by atoms with Gasteiger partial charge in [-0.1, -0.05) is 28.9 Å². The highest BCUT2D eigenvalue weighted by molar-refractivity contribution is 9.10. The maximum atomic E-state index is 12.2. The average Bonchev–Trinajstić information content (AvgIpc) is 2.37. The number of amides is 1. The molecule has 0 radical (unpaired) electrons. The van der Waals surface area contributed by atoms with Gasteiger partial charge in [-0.3, -0.25) is 4.79 Å². The summed E-state index contributed by atoms with van der Waals surface area (Å²) >= 11 is 3.35. The molecule has 1 aromatic carbocycles. The Balaban J connectivity index is 2.92. The molecule has 0 fully saturated rings. The molecular formula is C13H18BrNO3. The third-order valence-corrected chi connectivity index (χ3v) is 3.22. The summed E-state index contributed by atoms with van der Waals surface area (Å²) in [5.41, 5.74) is 1.59. The van der Waals surface area contributed by atoms with Gasteiger partial charge in [-0.15, -0.1) is 0 Å². The van der Waals surface area contributed by atoms with Crippen molar-refractivity contribution in [3.8, 4) is 0 Å². The van der Waals surface area contributed by atoms with Crippen molar-refractivity contribution in [2.75, 3.05) is 20.2 Å². The van der Waals surface area contributed by atoms with Crippen LogP contribution in [0.4, 0.5) is 0 Å². The van der Waals surface area contributed by atoms with Crippen molar-refractivity contribution in [1.82, 2.24) is 4.90 Å². The quantitative estimate of drug-likeness (QED) is 0.864. The second kappa shape index (κ2) is 6.87. The van der Waals surface area contributed by atoms with Crippen molar-refractivity contribution < 1.29 is 15.0 Å². The van der Waals surface area contributed by atoms with Crippen molar-refractivity contribution in [2.24, 2.45) is 0 Å². The number of halogens is 1. The number of hydrogen-bond donors (Lipinski definition) is 2. The van der Waals surface area contributed by atoms with Crippen LogP contribution in [0.1, 0.15) is 22.8 Å². The average molecular weight is 316 g/mol. The molecule has 0 spiro atoms. The number of nitrogens with zero attached hydrogens (tertiary/aromatic N) is 1. The topological polar surface area (TPSA) is 60.8 Å². The molecule has 1 aromatic rings. The minimum absolute atomic E-state index is 0.116. The van der Waals surface area contributed by atoms with Crippen LogP contribution in [0.2, 0.25) is 0 Å². The lowest BCUT2D eigenvalue weighted by molar-refractivity contribution is 0.0519. The van der Waals surface area contributed by atoms with E-state index in [1.165, 1.54) is 4.90 Å². The second-order valence-electron chi connectivity index (χ2n) is 4.18. The molecular weight excluding hydrogens is 298 g/mol. The van der Waals surface area contributed by atoms with E-state index in [4.69, 9.17) is 5.11 Å². The first-order valence-corrected chi connectivity index (χ1v) is 6.61. The van der Waals surface area contributed by atoms with Crippen LogP contribution in [0.5, 0.6) is 0 Å². The van der Waals surface area contributed by atoms with E-state index in [-0.39, 0.29) is 19.1 Å². The van der Waals surface area contributed by atoms with E-state index in [2.05, 4.69) is 15.9 Å². The van der Waals surface area contributed by atoms with Crippen molar-refractivity contribution in [2.45, 2.75) is 19.4 Å². The number of aliphatic hydroxyl groups excluding tert-OH is 2. The molecule has 5 heteroatoms. The zero-order valence-corrected chi connectivity index (χ0v) is 12.1. The fourth-order valence-corrected chi connectivity index (χ4v) is 2.08. The van der Waals surface area contributed by atoms with E-state index < -0.39 is 6.10 Å². The molecule has 0 aliphatic heterocycles. The fourth-order valence-electron chi connectivity index (χ4n) is 1.72. The fraction of sp³-hybridized carbons (Fsp3) is 0.462. The van der Waals surface area contributed by atoms with Gasteiger partial charge in [0.25, 0.3) is 5.91 Å². The van der Waals surface area contributed by atoms with Crippen LogP contribution >= 0.6 is 15.9 Å². The number of aryl methyl sites for hydroxylation is 1. The smallest absolute Gasteiger partial charge is 0.254 e. The van der Waals surface area contributed by atoms with Gasteiger partial charge in [-0.25, -0.2) is 0 Å². The molecule has 0 heterocycles. The van der Waals surface area contributed by atoms with E-state index >= 15 is 0 Å². The van der Waals surface area contributed by atoms with E-state index in [0.717, 1.165) is 16.5 Å².